The van der Waals surface area contributed by atoms with Crippen LogP contribution in [0, 0.1) is 0 Å². The van der Waals surface area contributed by atoms with Crippen molar-refractivity contribution in [3.8, 4) is 22.8 Å². The lowest BCUT2D eigenvalue weighted by molar-refractivity contribution is 0.251. The number of thioether (sulfide) groups is 1. The molecule has 1 aliphatic rings. The summed E-state index contributed by atoms with van der Waals surface area (Å²) in [5.41, 5.74) is 3.40. The monoisotopic (exact) mass is 410 g/mol. The molecular weight excluding hydrogens is 388 g/mol. The third-order valence-corrected chi connectivity index (χ3v) is 5.63. The van der Waals surface area contributed by atoms with E-state index in [1.807, 2.05) is 48.7 Å². The molecule has 29 heavy (non-hydrogen) atoms. The van der Waals surface area contributed by atoms with E-state index < -0.39 is 0 Å². The molecule has 8 heteroatoms. The zero-order valence-electron chi connectivity index (χ0n) is 16.3. The number of benzene rings is 2. The van der Waals surface area contributed by atoms with Crippen molar-refractivity contribution in [1.82, 2.24) is 14.9 Å². The molecule has 2 N–H and O–H groups in total. The topological polar surface area (TPSA) is 77.4 Å². The van der Waals surface area contributed by atoms with E-state index in [0.717, 1.165) is 40.0 Å². The number of para-hydroxylation sites is 1. The molecule has 7 nitrogen and oxygen atoms in total. The van der Waals surface area contributed by atoms with Crippen LogP contribution in [0.1, 0.15) is 5.56 Å². The van der Waals surface area contributed by atoms with E-state index >= 15 is 0 Å². The van der Waals surface area contributed by atoms with Crippen LogP contribution in [0.3, 0.4) is 0 Å². The highest BCUT2D eigenvalue weighted by molar-refractivity contribution is 7.99. The number of imidazole rings is 1. The van der Waals surface area contributed by atoms with Gasteiger partial charge in [-0.15, -0.1) is 0 Å². The predicted octanol–water partition coefficient (Wildman–Crippen LogP) is 3.99. The molecule has 3 aromatic rings. The van der Waals surface area contributed by atoms with E-state index in [1.165, 1.54) is 0 Å². The summed E-state index contributed by atoms with van der Waals surface area (Å²) in [5, 5.41) is 6.83. The van der Waals surface area contributed by atoms with Gasteiger partial charge in [0.15, 0.2) is 16.7 Å². The summed E-state index contributed by atoms with van der Waals surface area (Å²) >= 11 is 1.75. The summed E-state index contributed by atoms with van der Waals surface area (Å²) in [6, 6.07) is 12.9. The number of methoxy groups -OCH3 is 2. The minimum atomic E-state index is -0.284. The normalized spacial score (nSPS) is 12.3. The Morgan fingerprint density at radius 2 is 2.00 bits per heavy atom. The van der Waals surface area contributed by atoms with E-state index in [9.17, 15) is 4.79 Å². The number of amides is 2. The summed E-state index contributed by atoms with van der Waals surface area (Å²) in [6.45, 7) is 1.33. The van der Waals surface area contributed by atoms with Crippen LogP contribution in [0.4, 0.5) is 10.5 Å². The highest BCUT2D eigenvalue weighted by Crippen LogP contribution is 2.32. The first kappa shape index (κ1) is 19.2. The van der Waals surface area contributed by atoms with Crippen molar-refractivity contribution in [3.05, 3.63) is 54.2 Å². The Morgan fingerprint density at radius 3 is 2.79 bits per heavy atom. The van der Waals surface area contributed by atoms with Crippen molar-refractivity contribution in [2.75, 3.05) is 25.3 Å². The second kappa shape index (κ2) is 8.48. The van der Waals surface area contributed by atoms with Crippen LogP contribution in [-0.4, -0.2) is 35.6 Å². The van der Waals surface area contributed by atoms with Crippen molar-refractivity contribution in [2.24, 2.45) is 0 Å². The van der Waals surface area contributed by atoms with Crippen LogP contribution < -0.4 is 20.1 Å². The van der Waals surface area contributed by atoms with Gasteiger partial charge in [0, 0.05) is 30.6 Å². The van der Waals surface area contributed by atoms with Gasteiger partial charge in [-0.3, -0.25) is 0 Å². The molecule has 0 bridgehead atoms. The number of carbonyl (C=O) groups excluding carboxylic acids is 1. The largest absolute Gasteiger partial charge is 0.493 e. The number of urea groups is 1. The van der Waals surface area contributed by atoms with E-state index in [2.05, 4.69) is 20.2 Å². The van der Waals surface area contributed by atoms with Gasteiger partial charge in [0.1, 0.15) is 0 Å². The van der Waals surface area contributed by atoms with Gasteiger partial charge in [-0.2, -0.15) is 0 Å². The Labute approximate surface area is 173 Å². The number of fused-ring (bicyclic) bond motifs is 1. The number of ether oxygens (including phenoxy) is 2. The van der Waals surface area contributed by atoms with E-state index in [4.69, 9.17) is 9.47 Å². The van der Waals surface area contributed by atoms with E-state index in [-0.39, 0.29) is 6.03 Å². The highest BCUT2D eigenvalue weighted by atomic mass is 32.2. The number of carbonyl (C=O) groups is 1. The van der Waals surface area contributed by atoms with Crippen molar-refractivity contribution in [1.29, 1.82) is 0 Å². The summed E-state index contributed by atoms with van der Waals surface area (Å²) in [5.74, 6) is 2.34. The number of hydrogen-bond acceptors (Lipinski definition) is 5. The van der Waals surface area contributed by atoms with Crippen molar-refractivity contribution in [3.63, 3.8) is 0 Å². The summed E-state index contributed by atoms with van der Waals surface area (Å²) in [4.78, 5) is 17.2. The molecule has 150 valence electrons. The van der Waals surface area contributed by atoms with Crippen LogP contribution >= 0.6 is 11.8 Å². The maximum absolute atomic E-state index is 12.5. The lowest BCUT2D eigenvalue weighted by Gasteiger charge is -2.12. The number of nitrogens with one attached hydrogen (secondary N) is 2. The van der Waals surface area contributed by atoms with Crippen LogP contribution in [0.2, 0.25) is 0 Å². The predicted molar refractivity (Wildman–Crippen MR) is 114 cm³/mol. The first-order chi connectivity index (χ1) is 14.2. The van der Waals surface area contributed by atoms with Crippen LogP contribution in [0.15, 0.2) is 53.8 Å². The van der Waals surface area contributed by atoms with Gasteiger partial charge in [-0.25, -0.2) is 9.78 Å². The SMILES string of the molecule is COc1ccc(CNC(=O)Nc2ccccc2-c2cn3c(n2)SCC3)cc1OC. The van der Waals surface area contributed by atoms with E-state index in [1.54, 1.807) is 26.0 Å². The second-order valence-corrected chi connectivity index (χ2v) is 7.56. The molecule has 0 aliphatic carbocycles. The summed E-state index contributed by atoms with van der Waals surface area (Å²) < 4.78 is 12.7. The van der Waals surface area contributed by atoms with Crippen LogP contribution in [0.5, 0.6) is 11.5 Å². The molecule has 4 rings (SSSR count). The minimum Gasteiger partial charge on any atom is -0.493 e. The quantitative estimate of drug-likeness (QED) is 0.642. The maximum atomic E-state index is 12.5. The Hall–Kier alpha value is -3.13. The zero-order valence-corrected chi connectivity index (χ0v) is 17.1. The number of nitrogens with zero attached hydrogens (tertiary/aromatic N) is 2. The molecule has 0 spiro atoms. The molecule has 2 aromatic carbocycles. The molecule has 2 heterocycles. The zero-order chi connectivity index (χ0) is 20.2. The molecular formula is C21H22N4O3S. The molecule has 1 aliphatic heterocycles. The third kappa shape index (κ3) is 4.17. The van der Waals surface area contributed by atoms with E-state index in [0.29, 0.717) is 18.0 Å². The standard InChI is InChI=1S/C21H22N4O3S/c1-27-18-8-7-14(11-19(18)28-2)12-22-20(26)23-16-6-4-3-5-15(16)17-13-25-9-10-29-21(25)24-17/h3-8,11,13H,9-10,12H2,1-2H3,(H2,22,23,26). The van der Waals surface area contributed by atoms with Crippen LogP contribution in [-0.2, 0) is 13.1 Å². The van der Waals surface area contributed by atoms with Crippen molar-refractivity contribution >= 4 is 23.5 Å². The molecule has 0 saturated carbocycles. The molecule has 0 unspecified atom stereocenters. The molecule has 2 amide bonds. The minimum absolute atomic E-state index is 0.284. The van der Waals surface area contributed by atoms with Crippen molar-refractivity contribution < 1.29 is 14.3 Å². The molecule has 0 saturated heterocycles. The number of anilines is 1. The Balaban J connectivity index is 1.44. The third-order valence-electron chi connectivity index (χ3n) is 4.66. The molecule has 0 fully saturated rings. The smallest absolute Gasteiger partial charge is 0.319 e. The summed E-state index contributed by atoms with van der Waals surface area (Å²) in [7, 11) is 3.18. The lowest BCUT2D eigenvalue weighted by atomic mass is 10.1. The molecule has 1 aromatic heterocycles. The Bertz CT molecular complexity index is 1010. The Kier molecular flexibility index (Phi) is 5.62. The van der Waals surface area contributed by atoms with Gasteiger partial charge in [-0.1, -0.05) is 36.0 Å². The van der Waals surface area contributed by atoms with Crippen LogP contribution in [0.25, 0.3) is 11.3 Å². The molecule has 0 radical (unpaired) electrons. The average molecular weight is 410 g/mol. The first-order valence-corrected chi connectivity index (χ1v) is 10.2. The highest BCUT2D eigenvalue weighted by Gasteiger charge is 2.17. The van der Waals surface area contributed by atoms with Gasteiger partial charge < -0.3 is 24.7 Å². The van der Waals surface area contributed by atoms with Gasteiger partial charge in [0.05, 0.1) is 25.6 Å². The number of aryl methyl sites for hydroxylation is 1. The van der Waals surface area contributed by atoms with Gasteiger partial charge in [-0.05, 0) is 23.8 Å². The maximum Gasteiger partial charge on any atom is 0.319 e. The second-order valence-electron chi connectivity index (χ2n) is 6.49. The number of rotatable bonds is 6. The summed E-state index contributed by atoms with van der Waals surface area (Å²) in [6.07, 6.45) is 2.04. The lowest BCUT2D eigenvalue weighted by Crippen LogP contribution is -2.28. The molecule has 0 atom stereocenters. The fraction of sp³-hybridized carbons (Fsp3) is 0.238. The Morgan fingerprint density at radius 1 is 1.17 bits per heavy atom. The van der Waals surface area contributed by atoms with Gasteiger partial charge in [0.25, 0.3) is 0 Å². The van der Waals surface area contributed by atoms with Crippen molar-refractivity contribution in [2.45, 2.75) is 18.2 Å². The van der Waals surface area contributed by atoms with Gasteiger partial charge in [0.2, 0.25) is 0 Å². The average Bonchev–Trinajstić information content (AvgIpc) is 3.34. The number of aromatic nitrogens is 2. The number of hydrogen-bond donors (Lipinski definition) is 2. The van der Waals surface area contributed by atoms with Gasteiger partial charge >= 0.3 is 6.03 Å². The first-order valence-electron chi connectivity index (χ1n) is 9.23. The fourth-order valence-corrected chi connectivity index (χ4v) is 4.14. The fourth-order valence-electron chi connectivity index (χ4n) is 3.19.